The van der Waals surface area contributed by atoms with Crippen LogP contribution in [0, 0.1) is 23.4 Å². The minimum Gasteiger partial charge on any atom is -0.459 e. The van der Waals surface area contributed by atoms with Crippen LogP contribution in [0.1, 0.15) is 31.2 Å². The number of amides is 2. The molecule has 1 aromatic heterocycles. The molecule has 2 atom stereocenters. The third-order valence-corrected chi connectivity index (χ3v) is 5.87. The minimum atomic E-state index is -2.88. The lowest BCUT2D eigenvalue weighted by atomic mass is 9.98. The zero-order valence-corrected chi connectivity index (χ0v) is 17.5. The van der Waals surface area contributed by atoms with Crippen LogP contribution in [0.2, 0.25) is 0 Å². The van der Waals surface area contributed by atoms with E-state index in [1.165, 1.54) is 24.5 Å². The van der Waals surface area contributed by atoms with Gasteiger partial charge in [0.15, 0.2) is 0 Å². The van der Waals surface area contributed by atoms with E-state index in [2.05, 4.69) is 10.6 Å². The topological polar surface area (TPSA) is 95.2 Å². The van der Waals surface area contributed by atoms with E-state index in [1.54, 1.807) is 24.3 Å². The van der Waals surface area contributed by atoms with Gasteiger partial charge in [-0.3, -0.25) is 0 Å². The largest absolute Gasteiger partial charge is 0.459 e. The van der Waals surface area contributed by atoms with Crippen molar-refractivity contribution in [3.8, 4) is 0 Å². The molecule has 0 radical (unpaired) electrons. The van der Waals surface area contributed by atoms with Gasteiger partial charge in [-0.25, -0.2) is 18.2 Å². The van der Waals surface area contributed by atoms with Gasteiger partial charge in [-0.1, -0.05) is 19.9 Å². The molecule has 2 amide bonds. The minimum absolute atomic E-state index is 0.0128. The summed E-state index contributed by atoms with van der Waals surface area (Å²) in [5.41, 5.74) is 1.78. The molecule has 0 spiro atoms. The Morgan fingerprint density at radius 2 is 1.93 bits per heavy atom. The molecule has 1 heterocycles. The van der Waals surface area contributed by atoms with Crippen molar-refractivity contribution >= 4 is 32.4 Å². The third-order valence-electron chi connectivity index (χ3n) is 4.71. The van der Waals surface area contributed by atoms with Crippen molar-refractivity contribution in [3.05, 3.63) is 59.6 Å². The maximum atomic E-state index is 13.6. The fourth-order valence-corrected chi connectivity index (χ4v) is 3.86. The second-order valence-electron chi connectivity index (χ2n) is 7.42. The highest BCUT2D eigenvalue weighted by Gasteiger charge is 2.25. The molecule has 0 aliphatic carbocycles. The van der Waals surface area contributed by atoms with Crippen LogP contribution < -0.4 is 10.6 Å². The van der Waals surface area contributed by atoms with Crippen molar-refractivity contribution in [2.45, 2.75) is 31.7 Å². The van der Waals surface area contributed by atoms with Gasteiger partial charge in [0.05, 0.1) is 15.8 Å². The molecule has 29 heavy (non-hydrogen) atoms. The van der Waals surface area contributed by atoms with Gasteiger partial charge in [0.25, 0.3) is 0 Å². The first-order valence-electron chi connectivity index (χ1n) is 9.16. The molecule has 0 saturated carbocycles. The van der Waals surface area contributed by atoms with Gasteiger partial charge in [0, 0.05) is 27.8 Å². The van der Waals surface area contributed by atoms with Crippen molar-refractivity contribution < 1.29 is 17.8 Å². The van der Waals surface area contributed by atoms with Crippen LogP contribution in [0.15, 0.2) is 51.8 Å². The zero-order chi connectivity index (χ0) is 21.3. The number of carbonyl (C=O) groups is 1. The molecule has 0 aliphatic heterocycles. The highest BCUT2D eigenvalue weighted by Crippen LogP contribution is 2.33. The summed E-state index contributed by atoms with van der Waals surface area (Å²) in [5, 5.41) is 6.29. The highest BCUT2D eigenvalue weighted by atomic mass is 32.2. The molecule has 0 aliphatic rings. The molecule has 6 nitrogen and oxygen atoms in total. The summed E-state index contributed by atoms with van der Waals surface area (Å²) >= 11 is 0. The molecule has 0 bridgehead atoms. The summed E-state index contributed by atoms with van der Waals surface area (Å²) in [7, 11) is -2.88. The Labute approximate surface area is 169 Å². The Balaban J connectivity index is 1.85. The quantitative estimate of drug-likeness (QED) is 0.516. The summed E-state index contributed by atoms with van der Waals surface area (Å²) in [6, 6.07) is 9.86. The Morgan fingerprint density at radius 3 is 2.59 bits per heavy atom. The van der Waals surface area contributed by atoms with Crippen LogP contribution in [0.4, 0.5) is 14.9 Å². The number of halogens is 1. The molecule has 3 N–H and O–H groups in total. The number of benzene rings is 2. The number of carbonyl (C=O) groups excluding carboxylic acids is 1. The smallest absolute Gasteiger partial charge is 0.319 e. The lowest BCUT2D eigenvalue weighted by Crippen LogP contribution is -2.35. The van der Waals surface area contributed by atoms with Gasteiger partial charge >= 0.3 is 6.03 Å². The Kier molecular flexibility index (Phi) is 5.66. The Bertz CT molecular complexity index is 1170. The van der Waals surface area contributed by atoms with Crippen LogP contribution in [-0.4, -0.2) is 16.5 Å². The van der Waals surface area contributed by atoms with Gasteiger partial charge in [-0.05, 0) is 49.2 Å². The second-order valence-corrected chi connectivity index (χ2v) is 9.58. The van der Waals surface area contributed by atoms with Crippen molar-refractivity contribution in [2.75, 3.05) is 11.6 Å². The number of furan rings is 1. The lowest BCUT2D eigenvalue weighted by molar-refractivity contribution is 0.241. The summed E-state index contributed by atoms with van der Waals surface area (Å²) in [5.74, 6) is 0.243. The summed E-state index contributed by atoms with van der Waals surface area (Å²) in [6.07, 6.45) is 1.33. The van der Waals surface area contributed by atoms with E-state index in [4.69, 9.17) is 9.20 Å². The molecule has 0 saturated heterocycles. The van der Waals surface area contributed by atoms with E-state index in [0.29, 0.717) is 27.3 Å². The summed E-state index contributed by atoms with van der Waals surface area (Å²) < 4.78 is 39.1. The fraction of sp³-hybridized carbons (Fsp3) is 0.286. The van der Waals surface area contributed by atoms with E-state index < -0.39 is 21.8 Å². The number of nitrogens with one attached hydrogen (secondary N) is 3. The molecular weight excluding hydrogens is 393 g/mol. The van der Waals surface area contributed by atoms with Crippen molar-refractivity contribution in [1.82, 2.24) is 5.32 Å². The van der Waals surface area contributed by atoms with E-state index >= 15 is 0 Å². The summed E-state index contributed by atoms with van der Waals surface area (Å²) in [4.78, 5) is 12.9. The molecule has 2 unspecified atom stereocenters. The molecule has 3 rings (SSSR count). The molecule has 8 heteroatoms. The van der Waals surface area contributed by atoms with Crippen molar-refractivity contribution in [1.29, 1.82) is 4.78 Å². The average molecular weight is 418 g/mol. The van der Waals surface area contributed by atoms with Crippen molar-refractivity contribution in [2.24, 2.45) is 5.92 Å². The summed E-state index contributed by atoms with van der Waals surface area (Å²) in [6.45, 7) is 5.74. The van der Waals surface area contributed by atoms with Crippen LogP contribution >= 0.6 is 0 Å². The molecular formula is C21H24FN3O3S. The number of hydrogen-bond acceptors (Lipinski definition) is 4. The van der Waals surface area contributed by atoms with Crippen LogP contribution in [0.25, 0.3) is 11.0 Å². The van der Waals surface area contributed by atoms with Gasteiger partial charge in [0.1, 0.15) is 17.2 Å². The molecule has 0 fully saturated rings. The van der Waals surface area contributed by atoms with Crippen LogP contribution in [0.3, 0.4) is 0 Å². The fourth-order valence-electron chi connectivity index (χ4n) is 3.17. The monoisotopic (exact) mass is 417 g/mol. The number of rotatable bonds is 5. The predicted molar refractivity (Wildman–Crippen MR) is 112 cm³/mol. The zero-order valence-electron chi connectivity index (χ0n) is 16.7. The van der Waals surface area contributed by atoms with Crippen LogP contribution in [0.5, 0.6) is 0 Å². The SMILES string of the molecule is Cc1c(C(NC(=O)Nc2cccc(S(C)(=N)=O)c2)C(C)C)oc2ccc(F)cc12. The van der Waals surface area contributed by atoms with Gasteiger partial charge in [-0.15, -0.1) is 0 Å². The first kappa shape index (κ1) is 20.9. The normalized spacial score (nSPS) is 14.6. The maximum absolute atomic E-state index is 13.6. The van der Waals surface area contributed by atoms with Gasteiger partial charge in [0.2, 0.25) is 0 Å². The molecule has 3 aromatic rings. The average Bonchev–Trinajstić information content (AvgIpc) is 2.95. The lowest BCUT2D eigenvalue weighted by Gasteiger charge is -2.21. The third kappa shape index (κ3) is 4.59. The number of hydrogen-bond donors (Lipinski definition) is 3. The van der Waals surface area contributed by atoms with E-state index in [1.807, 2.05) is 20.8 Å². The van der Waals surface area contributed by atoms with Gasteiger partial charge < -0.3 is 15.1 Å². The Morgan fingerprint density at radius 1 is 1.21 bits per heavy atom. The highest BCUT2D eigenvalue weighted by molar-refractivity contribution is 7.91. The second kappa shape index (κ2) is 7.87. The van der Waals surface area contributed by atoms with Crippen molar-refractivity contribution in [3.63, 3.8) is 0 Å². The van der Waals surface area contributed by atoms with Crippen LogP contribution in [-0.2, 0) is 9.73 Å². The number of anilines is 1. The van der Waals surface area contributed by atoms with E-state index in [0.717, 1.165) is 5.56 Å². The van der Waals surface area contributed by atoms with E-state index in [-0.39, 0.29) is 11.7 Å². The van der Waals surface area contributed by atoms with Gasteiger partial charge in [-0.2, -0.15) is 0 Å². The first-order valence-corrected chi connectivity index (χ1v) is 11.1. The molecule has 2 aromatic carbocycles. The van der Waals surface area contributed by atoms with E-state index in [9.17, 15) is 13.4 Å². The Hall–Kier alpha value is -2.87. The number of aryl methyl sites for hydroxylation is 1. The first-order chi connectivity index (χ1) is 13.6. The maximum Gasteiger partial charge on any atom is 0.319 e. The predicted octanol–water partition coefficient (Wildman–Crippen LogP) is 5.43. The molecule has 154 valence electrons. The standard InChI is InChI=1S/C21H24FN3O3S/c1-12(2)19(20-13(3)17-10-14(22)8-9-18(17)28-20)25-21(26)24-15-6-5-7-16(11-15)29(4,23)27/h5-12,19,23H,1-4H3,(H2,24,25,26). The number of urea groups is 1. The number of fused-ring (bicyclic) bond motifs is 1.